The number of halogens is 2. The molecular weight excluding hydrogens is 537 g/mol. The van der Waals surface area contributed by atoms with Crippen molar-refractivity contribution in [1.82, 2.24) is 4.90 Å². The third-order valence-corrected chi connectivity index (χ3v) is 7.33. The largest absolute Gasteiger partial charge is 0.457 e. The first kappa shape index (κ1) is 27.5. The van der Waals surface area contributed by atoms with Crippen LogP contribution < -0.4 is 4.74 Å². The highest BCUT2D eigenvalue weighted by atomic mass is 35.5. The van der Waals surface area contributed by atoms with E-state index in [0.29, 0.717) is 29.6 Å². The van der Waals surface area contributed by atoms with E-state index in [2.05, 4.69) is 0 Å². The number of para-hydroxylation sites is 1. The monoisotopic (exact) mass is 565 g/mol. The molecule has 0 unspecified atom stereocenters. The summed E-state index contributed by atoms with van der Waals surface area (Å²) in [6.45, 7) is 0.909. The number of carbonyl (C=O) groups excluding carboxylic acids is 1. The lowest BCUT2D eigenvalue weighted by molar-refractivity contribution is -0.132. The van der Waals surface area contributed by atoms with Crippen LogP contribution in [0.3, 0.4) is 0 Å². The molecule has 0 aliphatic rings. The van der Waals surface area contributed by atoms with Crippen LogP contribution in [0.4, 0.5) is 0 Å². The highest BCUT2D eigenvalue weighted by Crippen LogP contribution is 2.29. The van der Waals surface area contributed by atoms with Crippen molar-refractivity contribution >= 4 is 29.1 Å². The van der Waals surface area contributed by atoms with E-state index in [-0.39, 0.29) is 5.91 Å². The highest BCUT2D eigenvalue weighted by molar-refractivity contribution is 6.35. The number of carbonyl (C=O) groups is 1. The van der Waals surface area contributed by atoms with Crippen molar-refractivity contribution in [3.05, 3.63) is 166 Å². The summed E-state index contributed by atoms with van der Waals surface area (Å²) in [6, 6.07) is 42.9. The molecule has 0 radical (unpaired) electrons. The van der Waals surface area contributed by atoms with Gasteiger partial charge in [-0.05, 0) is 65.1 Å². The quantitative estimate of drug-likeness (QED) is 0.169. The van der Waals surface area contributed by atoms with E-state index in [9.17, 15) is 4.79 Å². The molecule has 0 aliphatic heterocycles. The van der Waals surface area contributed by atoms with Crippen molar-refractivity contribution in [2.24, 2.45) is 0 Å². The molecule has 3 nitrogen and oxygen atoms in total. The summed E-state index contributed by atoms with van der Waals surface area (Å²) in [4.78, 5) is 16.3. The molecule has 5 aromatic rings. The van der Waals surface area contributed by atoms with E-state index in [1.165, 1.54) is 0 Å². The summed E-state index contributed by atoms with van der Waals surface area (Å²) in [5, 5.41) is 1.19. The van der Waals surface area contributed by atoms with Crippen molar-refractivity contribution in [2.45, 2.75) is 18.9 Å². The normalized spacial score (nSPS) is 10.9. The molecule has 200 valence electrons. The summed E-state index contributed by atoms with van der Waals surface area (Å²) >= 11 is 12.6. The van der Waals surface area contributed by atoms with E-state index >= 15 is 0 Å². The molecular formula is C35H29Cl2NO2. The summed E-state index contributed by atoms with van der Waals surface area (Å²) in [5.41, 5.74) is 3.83. The maximum atomic E-state index is 14.4. The molecule has 5 aromatic carbocycles. The van der Waals surface area contributed by atoms with E-state index < -0.39 is 5.92 Å². The maximum Gasteiger partial charge on any atom is 0.234 e. The van der Waals surface area contributed by atoms with Gasteiger partial charge in [-0.1, -0.05) is 120 Å². The summed E-state index contributed by atoms with van der Waals surface area (Å²) in [7, 11) is 0. The van der Waals surface area contributed by atoms with E-state index in [1.54, 1.807) is 6.07 Å². The number of hydrogen-bond donors (Lipinski definition) is 0. The molecule has 0 spiro atoms. The lowest BCUT2D eigenvalue weighted by Gasteiger charge is -2.29. The predicted molar refractivity (Wildman–Crippen MR) is 163 cm³/mol. The average molecular weight is 567 g/mol. The SMILES string of the molecule is O=C(C(c1ccccc1)c1ccccc1)N(CCc1ccc(Cl)cc1Cl)Cc1cccc(Oc2ccccc2)c1. The molecule has 0 fully saturated rings. The molecule has 0 aromatic heterocycles. The molecule has 5 heteroatoms. The first-order chi connectivity index (χ1) is 19.6. The van der Waals surface area contributed by atoms with Gasteiger partial charge in [-0.25, -0.2) is 0 Å². The van der Waals surface area contributed by atoms with Crippen LogP contribution in [0.5, 0.6) is 11.5 Å². The molecule has 1 amide bonds. The van der Waals surface area contributed by atoms with Gasteiger partial charge >= 0.3 is 0 Å². The second-order valence-corrected chi connectivity index (χ2v) is 10.4. The molecule has 0 bridgehead atoms. The zero-order chi connectivity index (χ0) is 27.7. The molecule has 5 rings (SSSR count). The Morgan fingerprint density at radius 2 is 1.27 bits per heavy atom. The van der Waals surface area contributed by atoms with Gasteiger partial charge < -0.3 is 9.64 Å². The van der Waals surface area contributed by atoms with Gasteiger partial charge in [0.1, 0.15) is 11.5 Å². The van der Waals surface area contributed by atoms with E-state index in [4.69, 9.17) is 27.9 Å². The molecule has 0 N–H and O–H groups in total. The fourth-order valence-electron chi connectivity index (χ4n) is 4.75. The minimum atomic E-state index is -0.438. The van der Waals surface area contributed by atoms with E-state index in [0.717, 1.165) is 33.8 Å². The standard InChI is InChI=1S/C35H29Cl2NO2/c36-30-20-19-27(33(37)24-30)21-22-38(25-26-11-10-18-32(23-26)40-31-16-8-3-9-17-31)35(39)34(28-12-4-1-5-13-28)29-14-6-2-7-15-29/h1-20,23-24,34H,21-22,25H2. The Morgan fingerprint density at radius 3 is 1.90 bits per heavy atom. The second kappa shape index (κ2) is 13.3. The second-order valence-electron chi connectivity index (χ2n) is 9.56. The summed E-state index contributed by atoms with van der Waals surface area (Å²) in [5.74, 6) is 1.07. The van der Waals surface area contributed by atoms with Crippen LogP contribution in [-0.4, -0.2) is 17.4 Å². The Balaban J connectivity index is 1.46. The van der Waals surface area contributed by atoms with Crippen molar-refractivity contribution in [3.63, 3.8) is 0 Å². The Labute approximate surface area is 245 Å². The van der Waals surface area contributed by atoms with Crippen molar-refractivity contribution < 1.29 is 9.53 Å². The van der Waals surface area contributed by atoms with Gasteiger partial charge in [0.2, 0.25) is 5.91 Å². The van der Waals surface area contributed by atoms with Crippen molar-refractivity contribution in [3.8, 4) is 11.5 Å². The summed E-state index contributed by atoms with van der Waals surface area (Å²) < 4.78 is 6.07. The van der Waals surface area contributed by atoms with Crippen molar-refractivity contribution in [1.29, 1.82) is 0 Å². The fourth-order valence-corrected chi connectivity index (χ4v) is 5.25. The van der Waals surface area contributed by atoms with Crippen molar-refractivity contribution in [2.75, 3.05) is 6.54 Å². The number of hydrogen-bond acceptors (Lipinski definition) is 2. The molecule has 0 aliphatic carbocycles. The third-order valence-electron chi connectivity index (χ3n) is 6.74. The number of amides is 1. The Kier molecular flexibility index (Phi) is 9.18. The zero-order valence-corrected chi connectivity index (χ0v) is 23.4. The molecule has 40 heavy (non-hydrogen) atoms. The third kappa shape index (κ3) is 7.12. The van der Waals surface area contributed by atoms with Gasteiger partial charge in [-0.3, -0.25) is 4.79 Å². The number of ether oxygens (including phenoxy) is 1. The van der Waals surface area contributed by atoms with Crippen LogP contribution in [0, 0.1) is 0 Å². The maximum absolute atomic E-state index is 14.4. The van der Waals surface area contributed by atoms with Crippen LogP contribution in [0.25, 0.3) is 0 Å². The number of rotatable bonds is 10. The molecule has 0 heterocycles. The number of benzene rings is 5. The van der Waals surface area contributed by atoms with Crippen LogP contribution in [0.2, 0.25) is 10.0 Å². The van der Waals surface area contributed by atoms with Gasteiger partial charge in [0.25, 0.3) is 0 Å². The first-order valence-electron chi connectivity index (χ1n) is 13.2. The number of nitrogens with zero attached hydrogens (tertiary/aromatic N) is 1. The molecule has 0 saturated carbocycles. The van der Waals surface area contributed by atoms with Gasteiger partial charge in [-0.2, -0.15) is 0 Å². The lowest BCUT2D eigenvalue weighted by atomic mass is 9.89. The van der Waals surface area contributed by atoms with Gasteiger partial charge in [-0.15, -0.1) is 0 Å². The smallest absolute Gasteiger partial charge is 0.234 e. The molecule has 0 atom stereocenters. The fraction of sp³-hybridized carbons (Fsp3) is 0.114. The Bertz CT molecular complexity index is 1500. The minimum Gasteiger partial charge on any atom is -0.457 e. The minimum absolute atomic E-state index is 0.0249. The Morgan fingerprint density at radius 1 is 0.675 bits per heavy atom. The first-order valence-corrected chi connectivity index (χ1v) is 14.0. The van der Waals surface area contributed by atoms with Crippen LogP contribution in [-0.2, 0) is 17.8 Å². The van der Waals surface area contributed by atoms with E-state index in [1.807, 2.05) is 132 Å². The Hall–Kier alpha value is -4.05. The van der Waals surface area contributed by atoms with Gasteiger partial charge in [0.15, 0.2) is 0 Å². The van der Waals surface area contributed by atoms with Crippen LogP contribution >= 0.6 is 23.2 Å². The van der Waals surface area contributed by atoms with Crippen LogP contribution in [0.15, 0.2) is 133 Å². The zero-order valence-electron chi connectivity index (χ0n) is 21.9. The van der Waals surface area contributed by atoms with Gasteiger partial charge in [0, 0.05) is 23.1 Å². The average Bonchev–Trinajstić information content (AvgIpc) is 2.98. The van der Waals surface area contributed by atoms with Crippen LogP contribution in [0.1, 0.15) is 28.2 Å². The van der Waals surface area contributed by atoms with Gasteiger partial charge in [0.05, 0.1) is 5.92 Å². The molecule has 0 saturated heterocycles. The lowest BCUT2D eigenvalue weighted by Crippen LogP contribution is -2.36. The topological polar surface area (TPSA) is 29.5 Å². The highest BCUT2D eigenvalue weighted by Gasteiger charge is 2.28. The predicted octanol–water partition coefficient (Wildman–Crippen LogP) is 9.19. The summed E-state index contributed by atoms with van der Waals surface area (Å²) in [6.07, 6.45) is 0.595.